The number of halogens is 1. The molecule has 4 heteroatoms. The van der Waals surface area contributed by atoms with E-state index in [-0.39, 0.29) is 5.91 Å². The summed E-state index contributed by atoms with van der Waals surface area (Å²) in [6.07, 6.45) is 1.44. The second-order valence-corrected chi connectivity index (χ2v) is 6.32. The SMILES string of the molecule is Cc1cc(I)ccc1NC(=O)C(N)CCc1ccccc1. The molecule has 2 aromatic carbocycles. The Balaban J connectivity index is 1.90. The first kappa shape index (κ1) is 16.0. The van der Waals surface area contributed by atoms with E-state index in [2.05, 4.69) is 27.9 Å². The fourth-order valence-electron chi connectivity index (χ4n) is 2.09. The molecule has 0 spiro atoms. The average molecular weight is 394 g/mol. The van der Waals surface area contributed by atoms with Gasteiger partial charge in [-0.1, -0.05) is 30.3 Å². The summed E-state index contributed by atoms with van der Waals surface area (Å²) in [7, 11) is 0. The molecule has 3 N–H and O–H groups in total. The van der Waals surface area contributed by atoms with Gasteiger partial charge in [0.1, 0.15) is 0 Å². The Morgan fingerprint density at radius 2 is 1.95 bits per heavy atom. The molecule has 0 aliphatic heterocycles. The third kappa shape index (κ3) is 4.82. The van der Waals surface area contributed by atoms with Crippen molar-refractivity contribution in [1.29, 1.82) is 0 Å². The molecule has 0 aliphatic rings. The molecular formula is C17H19IN2O. The molecule has 0 radical (unpaired) electrons. The van der Waals surface area contributed by atoms with Gasteiger partial charge in [-0.05, 0) is 71.7 Å². The Hall–Kier alpha value is -1.40. The van der Waals surface area contributed by atoms with Gasteiger partial charge in [0.2, 0.25) is 5.91 Å². The molecule has 2 aromatic rings. The van der Waals surface area contributed by atoms with E-state index in [1.54, 1.807) is 0 Å². The lowest BCUT2D eigenvalue weighted by atomic mass is 10.1. The molecule has 0 saturated heterocycles. The van der Waals surface area contributed by atoms with Gasteiger partial charge in [-0.3, -0.25) is 4.79 Å². The minimum absolute atomic E-state index is 0.129. The maximum Gasteiger partial charge on any atom is 0.241 e. The molecule has 0 fully saturated rings. The Bertz CT molecular complexity index is 613. The van der Waals surface area contributed by atoms with Crippen molar-refractivity contribution in [2.75, 3.05) is 5.32 Å². The lowest BCUT2D eigenvalue weighted by molar-refractivity contribution is -0.117. The van der Waals surface area contributed by atoms with Gasteiger partial charge in [-0.25, -0.2) is 0 Å². The summed E-state index contributed by atoms with van der Waals surface area (Å²) < 4.78 is 1.15. The zero-order valence-corrected chi connectivity index (χ0v) is 14.1. The van der Waals surface area contributed by atoms with Crippen LogP contribution < -0.4 is 11.1 Å². The maximum absolute atomic E-state index is 12.1. The topological polar surface area (TPSA) is 55.1 Å². The number of benzene rings is 2. The van der Waals surface area contributed by atoms with Crippen molar-refractivity contribution >= 4 is 34.2 Å². The molecule has 0 aromatic heterocycles. The van der Waals surface area contributed by atoms with E-state index in [0.717, 1.165) is 21.2 Å². The van der Waals surface area contributed by atoms with Gasteiger partial charge in [0, 0.05) is 9.26 Å². The van der Waals surface area contributed by atoms with Crippen molar-refractivity contribution in [1.82, 2.24) is 0 Å². The number of anilines is 1. The van der Waals surface area contributed by atoms with Gasteiger partial charge >= 0.3 is 0 Å². The number of carbonyl (C=O) groups is 1. The number of nitrogens with two attached hydrogens (primary N) is 1. The highest BCUT2D eigenvalue weighted by atomic mass is 127. The van der Waals surface area contributed by atoms with Crippen molar-refractivity contribution in [3.05, 3.63) is 63.2 Å². The Morgan fingerprint density at radius 1 is 1.24 bits per heavy atom. The minimum atomic E-state index is -0.496. The summed E-state index contributed by atoms with van der Waals surface area (Å²) in [4.78, 5) is 12.1. The minimum Gasteiger partial charge on any atom is -0.324 e. The zero-order valence-electron chi connectivity index (χ0n) is 12.0. The van der Waals surface area contributed by atoms with Crippen molar-refractivity contribution in [2.24, 2.45) is 5.73 Å². The third-order valence-corrected chi connectivity index (χ3v) is 4.04. The molecule has 3 nitrogen and oxygen atoms in total. The average Bonchev–Trinajstić information content (AvgIpc) is 2.48. The number of carbonyl (C=O) groups excluding carboxylic acids is 1. The van der Waals surface area contributed by atoms with Crippen LogP contribution >= 0.6 is 22.6 Å². The van der Waals surface area contributed by atoms with Crippen LogP contribution in [0.15, 0.2) is 48.5 Å². The summed E-state index contributed by atoms with van der Waals surface area (Å²) >= 11 is 2.25. The van der Waals surface area contributed by atoms with Gasteiger partial charge in [0.25, 0.3) is 0 Å². The number of hydrogen-bond acceptors (Lipinski definition) is 2. The number of amides is 1. The monoisotopic (exact) mass is 394 g/mol. The van der Waals surface area contributed by atoms with Crippen molar-refractivity contribution < 1.29 is 4.79 Å². The number of aryl methyl sites for hydroxylation is 2. The summed E-state index contributed by atoms with van der Waals surface area (Å²) in [5, 5.41) is 2.91. The first-order chi connectivity index (χ1) is 10.1. The lowest BCUT2D eigenvalue weighted by Gasteiger charge is -2.14. The highest BCUT2D eigenvalue weighted by Crippen LogP contribution is 2.18. The predicted octanol–water partition coefficient (Wildman–Crippen LogP) is 3.50. The quantitative estimate of drug-likeness (QED) is 0.763. The third-order valence-electron chi connectivity index (χ3n) is 3.37. The Kier molecular flexibility index (Phi) is 5.76. The van der Waals surface area contributed by atoms with Crippen LogP contribution in [0.4, 0.5) is 5.69 Å². The van der Waals surface area contributed by atoms with E-state index in [4.69, 9.17) is 5.73 Å². The Labute approximate surface area is 139 Å². The van der Waals surface area contributed by atoms with E-state index in [9.17, 15) is 4.79 Å². The molecule has 2 rings (SSSR count). The largest absolute Gasteiger partial charge is 0.324 e. The van der Waals surface area contributed by atoms with Crippen LogP contribution in [0.5, 0.6) is 0 Å². The standard InChI is InChI=1S/C17H19IN2O/c1-12-11-14(18)8-10-16(12)20-17(21)15(19)9-7-13-5-3-2-4-6-13/h2-6,8,10-11,15H,7,9,19H2,1H3,(H,20,21). The van der Waals surface area contributed by atoms with E-state index < -0.39 is 6.04 Å². The van der Waals surface area contributed by atoms with Crippen LogP contribution in [-0.2, 0) is 11.2 Å². The van der Waals surface area contributed by atoms with Crippen LogP contribution in [0.3, 0.4) is 0 Å². The Morgan fingerprint density at radius 3 is 2.62 bits per heavy atom. The van der Waals surface area contributed by atoms with Crippen LogP contribution in [0.1, 0.15) is 17.5 Å². The van der Waals surface area contributed by atoms with Gasteiger partial charge in [0.15, 0.2) is 0 Å². The number of rotatable bonds is 5. The summed E-state index contributed by atoms with van der Waals surface area (Å²) in [6.45, 7) is 1.98. The van der Waals surface area contributed by atoms with Crippen LogP contribution in [0.2, 0.25) is 0 Å². The van der Waals surface area contributed by atoms with E-state index in [1.807, 2.05) is 55.5 Å². The van der Waals surface area contributed by atoms with Crippen molar-refractivity contribution in [3.63, 3.8) is 0 Å². The molecular weight excluding hydrogens is 375 g/mol. The molecule has 1 atom stereocenters. The highest BCUT2D eigenvalue weighted by molar-refractivity contribution is 14.1. The first-order valence-corrected chi connectivity index (χ1v) is 8.00. The molecule has 21 heavy (non-hydrogen) atoms. The van der Waals surface area contributed by atoms with Gasteiger partial charge < -0.3 is 11.1 Å². The first-order valence-electron chi connectivity index (χ1n) is 6.93. The van der Waals surface area contributed by atoms with E-state index in [1.165, 1.54) is 5.56 Å². The molecule has 0 aliphatic carbocycles. The summed E-state index contributed by atoms with van der Waals surface area (Å²) in [5.74, 6) is -0.129. The highest BCUT2D eigenvalue weighted by Gasteiger charge is 2.14. The second-order valence-electron chi connectivity index (χ2n) is 5.08. The normalized spacial score (nSPS) is 12.0. The lowest BCUT2D eigenvalue weighted by Crippen LogP contribution is -2.36. The molecule has 0 heterocycles. The fraction of sp³-hybridized carbons (Fsp3) is 0.235. The van der Waals surface area contributed by atoms with Gasteiger partial charge in [-0.2, -0.15) is 0 Å². The van der Waals surface area contributed by atoms with Crippen molar-refractivity contribution in [2.45, 2.75) is 25.8 Å². The van der Waals surface area contributed by atoms with Crippen LogP contribution in [0.25, 0.3) is 0 Å². The predicted molar refractivity (Wildman–Crippen MR) is 95.3 cm³/mol. The molecule has 0 bridgehead atoms. The number of nitrogens with one attached hydrogen (secondary N) is 1. The summed E-state index contributed by atoms with van der Waals surface area (Å²) in [5.41, 5.74) is 9.06. The zero-order chi connectivity index (χ0) is 15.2. The molecule has 0 saturated carbocycles. The van der Waals surface area contributed by atoms with Crippen LogP contribution in [-0.4, -0.2) is 11.9 Å². The number of hydrogen-bond donors (Lipinski definition) is 2. The smallest absolute Gasteiger partial charge is 0.241 e. The van der Waals surface area contributed by atoms with Crippen molar-refractivity contribution in [3.8, 4) is 0 Å². The van der Waals surface area contributed by atoms with Gasteiger partial charge in [-0.15, -0.1) is 0 Å². The molecule has 1 amide bonds. The molecule has 110 valence electrons. The van der Waals surface area contributed by atoms with E-state index >= 15 is 0 Å². The molecule has 1 unspecified atom stereocenters. The van der Waals surface area contributed by atoms with E-state index in [0.29, 0.717) is 6.42 Å². The summed E-state index contributed by atoms with van der Waals surface area (Å²) in [6, 6.07) is 15.5. The van der Waals surface area contributed by atoms with Crippen LogP contribution in [0, 0.1) is 10.5 Å². The van der Waals surface area contributed by atoms with Gasteiger partial charge in [0.05, 0.1) is 6.04 Å². The fourth-order valence-corrected chi connectivity index (χ4v) is 2.74. The maximum atomic E-state index is 12.1. The second kappa shape index (κ2) is 7.56.